The van der Waals surface area contributed by atoms with E-state index in [-0.39, 0.29) is 12.0 Å². The van der Waals surface area contributed by atoms with Crippen LogP contribution in [-0.2, 0) is 21.9 Å². The van der Waals surface area contributed by atoms with E-state index in [4.69, 9.17) is 0 Å². The first kappa shape index (κ1) is 19.8. The second kappa shape index (κ2) is 8.71. The molecular weight excluding hydrogens is 406 g/mol. The zero-order valence-corrected chi connectivity index (χ0v) is 15.4. The quantitative estimate of drug-likeness (QED) is 0.661. The number of benzene rings is 2. The van der Waals surface area contributed by atoms with Crippen molar-refractivity contribution < 1.29 is 18.4 Å². The van der Waals surface area contributed by atoms with Gasteiger partial charge in [-0.15, -0.1) is 0 Å². The molecule has 7 heteroatoms. The number of anilines is 1. The number of rotatable bonds is 7. The van der Waals surface area contributed by atoms with Crippen molar-refractivity contribution in [3.8, 4) is 0 Å². The van der Waals surface area contributed by atoms with Crippen molar-refractivity contribution in [3.05, 3.63) is 76.8 Å². The Morgan fingerprint density at radius 2 is 1.77 bits per heavy atom. The van der Waals surface area contributed by atoms with Crippen LogP contribution >= 0.6 is 15.9 Å². The summed E-state index contributed by atoms with van der Waals surface area (Å²) >= 11 is 3.19. The lowest BCUT2D eigenvalue weighted by atomic mass is 10.1. The number of carbonyl (C=O) groups excluding carboxylic acids is 2. The number of hydrogen-bond donors (Lipinski definition) is 2. The first-order valence-corrected chi connectivity index (χ1v) is 8.53. The Labute approximate surface area is 158 Å². The molecule has 2 rings (SSSR count). The molecule has 0 heterocycles. The first-order chi connectivity index (χ1) is 12.3. The third kappa shape index (κ3) is 5.49. The number of halogens is 3. The maximum absolute atomic E-state index is 14.2. The van der Waals surface area contributed by atoms with Crippen LogP contribution in [0, 0.1) is 0 Å². The molecule has 4 nitrogen and oxygen atoms in total. The molecule has 26 heavy (non-hydrogen) atoms. The molecule has 0 aliphatic heterocycles. The van der Waals surface area contributed by atoms with Crippen molar-refractivity contribution in [3.63, 3.8) is 0 Å². The Morgan fingerprint density at radius 3 is 2.42 bits per heavy atom. The minimum absolute atomic E-state index is 0.135. The van der Waals surface area contributed by atoms with Gasteiger partial charge in [0.1, 0.15) is 0 Å². The topological polar surface area (TPSA) is 58.2 Å². The highest BCUT2D eigenvalue weighted by Gasteiger charge is 2.31. The van der Waals surface area contributed by atoms with Crippen LogP contribution in [0.15, 0.2) is 65.7 Å². The number of carbonyl (C=O) groups is 2. The third-order valence-corrected chi connectivity index (χ3v) is 4.11. The van der Waals surface area contributed by atoms with Gasteiger partial charge in [0, 0.05) is 15.7 Å². The summed E-state index contributed by atoms with van der Waals surface area (Å²) in [5.41, 5.74) is 0.777. The number of para-hydroxylation sites is 1. The average molecular weight is 423 g/mol. The summed E-state index contributed by atoms with van der Waals surface area (Å²) < 4.78 is 29.1. The van der Waals surface area contributed by atoms with E-state index in [1.165, 1.54) is 24.3 Å². The van der Waals surface area contributed by atoms with E-state index in [1.54, 1.807) is 24.3 Å². The Kier molecular flexibility index (Phi) is 6.63. The zero-order chi connectivity index (χ0) is 19.2. The van der Waals surface area contributed by atoms with Crippen molar-refractivity contribution in [2.24, 2.45) is 0 Å². The van der Waals surface area contributed by atoms with E-state index in [9.17, 15) is 18.4 Å². The summed E-state index contributed by atoms with van der Waals surface area (Å²) in [4.78, 5) is 23.5. The van der Waals surface area contributed by atoms with Gasteiger partial charge in [-0.05, 0) is 29.8 Å². The molecule has 0 aliphatic carbocycles. The summed E-state index contributed by atoms with van der Waals surface area (Å²) in [6.07, 6.45) is 0.972. The lowest BCUT2D eigenvalue weighted by Gasteiger charge is -2.18. The van der Waals surface area contributed by atoms with Gasteiger partial charge in [0.25, 0.3) is 5.92 Å². The molecule has 0 fully saturated rings. The van der Waals surface area contributed by atoms with Crippen LogP contribution in [-0.4, -0.2) is 18.4 Å². The number of alkyl halides is 2. The van der Waals surface area contributed by atoms with E-state index in [0.29, 0.717) is 15.7 Å². The van der Waals surface area contributed by atoms with E-state index >= 15 is 0 Å². The predicted octanol–water partition coefficient (Wildman–Crippen LogP) is 4.02. The lowest BCUT2D eigenvalue weighted by Crippen LogP contribution is -2.35. The smallest absolute Gasteiger partial charge is 0.290 e. The minimum atomic E-state index is -3.19. The molecule has 0 unspecified atom stereocenters. The maximum atomic E-state index is 14.2. The fourth-order valence-electron chi connectivity index (χ4n) is 2.22. The van der Waals surface area contributed by atoms with E-state index in [1.807, 2.05) is 0 Å². The van der Waals surface area contributed by atoms with Gasteiger partial charge in [-0.3, -0.25) is 9.59 Å². The van der Waals surface area contributed by atoms with Gasteiger partial charge >= 0.3 is 0 Å². The molecule has 0 saturated carbocycles. The van der Waals surface area contributed by atoms with Crippen molar-refractivity contribution >= 4 is 33.4 Å². The van der Waals surface area contributed by atoms with Crippen LogP contribution in [0.2, 0.25) is 0 Å². The fourth-order valence-corrected chi connectivity index (χ4v) is 2.49. The monoisotopic (exact) mass is 422 g/mol. The third-order valence-electron chi connectivity index (χ3n) is 3.59. The van der Waals surface area contributed by atoms with Crippen LogP contribution in [0.4, 0.5) is 14.5 Å². The molecule has 0 atom stereocenters. The zero-order valence-electron chi connectivity index (χ0n) is 13.8. The highest BCUT2D eigenvalue weighted by atomic mass is 79.9. The molecular formula is C19H17BrF2N2O2. The molecule has 0 saturated heterocycles. The normalized spacial score (nSPS) is 10.9. The Bertz CT molecular complexity index is 807. The molecule has 0 radical (unpaired) electrons. The van der Waals surface area contributed by atoms with Gasteiger partial charge in [-0.25, -0.2) is 0 Å². The molecule has 136 valence electrons. The van der Waals surface area contributed by atoms with E-state index in [0.717, 1.165) is 6.08 Å². The molecule has 0 bridgehead atoms. The Hall–Kier alpha value is -2.54. The molecule has 0 aliphatic rings. The van der Waals surface area contributed by atoms with Crippen LogP contribution in [0.25, 0.3) is 0 Å². The van der Waals surface area contributed by atoms with Crippen molar-refractivity contribution in [2.45, 2.75) is 12.3 Å². The number of amides is 2. The van der Waals surface area contributed by atoms with Gasteiger partial charge in [-0.1, -0.05) is 52.8 Å². The Balaban J connectivity index is 2.00. The first-order valence-electron chi connectivity index (χ1n) is 7.74. The van der Waals surface area contributed by atoms with Gasteiger partial charge in [0.15, 0.2) is 0 Å². The fraction of sp³-hybridized carbons (Fsp3) is 0.158. The predicted molar refractivity (Wildman–Crippen MR) is 100 cm³/mol. The van der Waals surface area contributed by atoms with E-state index in [2.05, 4.69) is 33.1 Å². The summed E-state index contributed by atoms with van der Waals surface area (Å²) in [7, 11) is 0. The summed E-state index contributed by atoms with van der Waals surface area (Å²) in [6, 6.07) is 12.3. The van der Waals surface area contributed by atoms with Gasteiger partial charge in [0.2, 0.25) is 11.8 Å². The van der Waals surface area contributed by atoms with Crippen LogP contribution < -0.4 is 10.6 Å². The van der Waals surface area contributed by atoms with Crippen molar-refractivity contribution in [1.29, 1.82) is 0 Å². The van der Waals surface area contributed by atoms with Gasteiger partial charge in [0.05, 0.1) is 13.0 Å². The van der Waals surface area contributed by atoms with Crippen LogP contribution in [0.1, 0.15) is 11.1 Å². The highest BCUT2D eigenvalue weighted by Crippen LogP contribution is 2.28. The lowest BCUT2D eigenvalue weighted by molar-refractivity contribution is -0.122. The Morgan fingerprint density at radius 1 is 1.12 bits per heavy atom. The molecule has 2 aromatic rings. The van der Waals surface area contributed by atoms with Gasteiger partial charge < -0.3 is 10.6 Å². The maximum Gasteiger partial charge on any atom is 0.290 e. The second-order valence-electron chi connectivity index (χ2n) is 5.52. The number of hydrogen-bond acceptors (Lipinski definition) is 2. The summed E-state index contributed by atoms with van der Waals surface area (Å²) in [5, 5.41) is 4.82. The largest absolute Gasteiger partial charge is 0.349 e. The molecule has 2 aromatic carbocycles. The van der Waals surface area contributed by atoms with Gasteiger partial charge in [-0.2, -0.15) is 8.78 Å². The SMILES string of the molecule is C=CC(=O)Nc1ccccc1CC(=O)NCC(F)(F)c1ccc(Br)cc1. The summed E-state index contributed by atoms with van der Waals surface area (Å²) in [5.74, 6) is -4.17. The van der Waals surface area contributed by atoms with Crippen molar-refractivity contribution in [2.75, 3.05) is 11.9 Å². The van der Waals surface area contributed by atoms with Crippen LogP contribution in [0.3, 0.4) is 0 Å². The molecule has 0 spiro atoms. The molecule has 2 amide bonds. The second-order valence-corrected chi connectivity index (χ2v) is 6.43. The van der Waals surface area contributed by atoms with E-state index < -0.39 is 24.3 Å². The summed E-state index contributed by atoms with van der Waals surface area (Å²) in [6.45, 7) is 2.55. The minimum Gasteiger partial charge on any atom is -0.349 e. The average Bonchev–Trinajstić information content (AvgIpc) is 2.62. The highest BCUT2D eigenvalue weighted by molar-refractivity contribution is 9.10. The van der Waals surface area contributed by atoms with Crippen molar-refractivity contribution in [1.82, 2.24) is 5.32 Å². The number of nitrogens with one attached hydrogen (secondary N) is 2. The van der Waals surface area contributed by atoms with Crippen LogP contribution in [0.5, 0.6) is 0 Å². The molecule has 2 N–H and O–H groups in total. The standard InChI is InChI=1S/C19H17BrF2N2O2/c1-2-17(25)24-16-6-4-3-5-13(16)11-18(26)23-12-19(21,22)14-7-9-15(20)10-8-14/h2-10H,1,11-12H2,(H,23,26)(H,24,25). The molecule has 0 aromatic heterocycles.